The number of nitro benzene ring substituents is 1. The molecule has 0 bridgehead atoms. The molecule has 2 aromatic carbocycles. The highest BCUT2D eigenvalue weighted by atomic mass is 35.5. The van der Waals surface area contributed by atoms with Crippen molar-refractivity contribution >= 4 is 34.1 Å². The monoisotopic (exact) mass is 439 g/mol. The molecule has 8 nitrogen and oxygen atoms in total. The van der Waals surface area contributed by atoms with Crippen LogP contribution >= 0.6 is 11.6 Å². The number of nitrogens with zero attached hydrogens (tertiary/aromatic N) is 1. The van der Waals surface area contributed by atoms with Gasteiger partial charge in [0, 0.05) is 27.7 Å². The van der Waals surface area contributed by atoms with E-state index >= 15 is 0 Å². The predicted molar refractivity (Wildman–Crippen MR) is 115 cm³/mol. The number of aromatic amines is 1. The molecule has 0 aliphatic carbocycles. The van der Waals surface area contributed by atoms with Gasteiger partial charge in [-0.05, 0) is 55.0 Å². The first kappa shape index (κ1) is 20.5. The number of nitrogens with one attached hydrogen (secondary N) is 2. The van der Waals surface area contributed by atoms with Crippen LogP contribution in [0.25, 0.3) is 10.9 Å². The Bertz CT molecular complexity index is 1280. The molecular weight excluding hydrogens is 422 g/mol. The maximum absolute atomic E-state index is 12.4. The molecule has 0 saturated heterocycles. The van der Waals surface area contributed by atoms with E-state index in [0.29, 0.717) is 10.8 Å². The van der Waals surface area contributed by atoms with Gasteiger partial charge in [0.05, 0.1) is 11.5 Å². The number of aromatic nitrogens is 1. The molecule has 2 heterocycles. The first-order chi connectivity index (χ1) is 14.9. The minimum Gasteiger partial charge on any atom is -0.479 e. The number of hydrogen-bond acceptors (Lipinski definition) is 5. The molecule has 1 amide bonds. The van der Waals surface area contributed by atoms with Crippen LogP contribution in [0.15, 0.2) is 59.0 Å². The zero-order valence-corrected chi connectivity index (χ0v) is 17.2. The summed E-state index contributed by atoms with van der Waals surface area (Å²) in [7, 11) is 0. The largest absolute Gasteiger partial charge is 0.479 e. The van der Waals surface area contributed by atoms with Gasteiger partial charge in [0.25, 0.3) is 5.91 Å². The van der Waals surface area contributed by atoms with Gasteiger partial charge in [-0.1, -0.05) is 17.7 Å². The Morgan fingerprint density at radius 3 is 2.84 bits per heavy atom. The smallest absolute Gasteiger partial charge is 0.311 e. The van der Waals surface area contributed by atoms with E-state index in [9.17, 15) is 14.9 Å². The Labute approximate surface area is 181 Å². The Balaban J connectivity index is 1.37. The zero-order chi connectivity index (χ0) is 22.0. The van der Waals surface area contributed by atoms with E-state index in [0.717, 1.165) is 22.2 Å². The molecule has 9 heteroatoms. The number of fused-ring (bicyclic) bond motifs is 1. The fourth-order valence-corrected chi connectivity index (χ4v) is 3.32. The van der Waals surface area contributed by atoms with Crippen LogP contribution in [0, 0.1) is 17.0 Å². The van der Waals surface area contributed by atoms with Crippen molar-refractivity contribution in [3.63, 3.8) is 0 Å². The first-order valence-corrected chi connectivity index (χ1v) is 9.79. The molecule has 0 aliphatic heterocycles. The summed E-state index contributed by atoms with van der Waals surface area (Å²) in [5, 5.41) is 15.6. The second-order valence-corrected chi connectivity index (χ2v) is 7.43. The summed E-state index contributed by atoms with van der Waals surface area (Å²) in [4.78, 5) is 26.3. The molecule has 0 saturated carbocycles. The van der Waals surface area contributed by atoms with Gasteiger partial charge in [0.2, 0.25) is 0 Å². The highest BCUT2D eigenvalue weighted by molar-refractivity contribution is 6.31. The van der Waals surface area contributed by atoms with E-state index in [2.05, 4.69) is 10.3 Å². The molecule has 0 spiro atoms. The van der Waals surface area contributed by atoms with Crippen LogP contribution in [0.5, 0.6) is 5.75 Å². The molecule has 0 atom stereocenters. The second-order valence-electron chi connectivity index (χ2n) is 6.99. The van der Waals surface area contributed by atoms with Gasteiger partial charge in [-0.2, -0.15) is 0 Å². The Kier molecular flexibility index (Phi) is 5.64. The summed E-state index contributed by atoms with van der Waals surface area (Å²) >= 11 is 5.99. The topological polar surface area (TPSA) is 110 Å². The zero-order valence-electron chi connectivity index (χ0n) is 16.5. The van der Waals surface area contributed by atoms with Gasteiger partial charge in [0.1, 0.15) is 12.4 Å². The van der Waals surface area contributed by atoms with E-state index < -0.39 is 4.92 Å². The molecule has 0 radical (unpaired) electrons. The van der Waals surface area contributed by atoms with Crippen molar-refractivity contribution in [1.29, 1.82) is 0 Å². The van der Waals surface area contributed by atoms with Gasteiger partial charge in [0.15, 0.2) is 11.5 Å². The molecule has 4 aromatic rings. The van der Waals surface area contributed by atoms with Crippen molar-refractivity contribution in [3.05, 3.63) is 92.5 Å². The number of carbonyl (C=O) groups is 1. The molecule has 2 aromatic heterocycles. The van der Waals surface area contributed by atoms with Gasteiger partial charge >= 0.3 is 5.69 Å². The fourth-order valence-electron chi connectivity index (χ4n) is 3.14. The van der Waals surface area contributed by atoms with E-state index in [1.807, 2.05) is 18.2 Å². The lowest BCUT2D eigenvalue weighted by Crippen LogP contribution is -2.22. The van der Waals surface area contributed by atoms with Crippen LogP contribution in [0.4, 0.5) is 5.69 Å². The summed E-state index contributed by atoms with van der Waals surface area (Å²) < 4.78 is 11.0. The van der Waals surface area contributed by atoms with Crippen molar-refractivity contribution in [1.82, 2.24) is 10.3 Å². The lowest BCUT2D eigenvalue weighted by atomic mass is 10.2. The third-order valence-electron chi connectivity index (χ3n) is 4.64. The van der Waals surface area contributed by atoms with Crippen LogP contribution in [0.1, 0.15) is 27.6 Å². The van der Waals surface area contributed by atoms with Crippen LogP contribution in [0.2, 0.25) is 5.02 Å². The third-order valence-corrected chi connectivity index (χ3v) is 4.88. The van der Waals surface area contributed by atoms with Crippen molar-refractivity contribution in [2.75, 3.05) is 0 Å². The Morgan fingerprint density at radius 1 is 1.19 bits per heavy atom. The summed E-state index contributed by atoms with van der Waals surface area (Å²) in [6, 6.07) is 15.3. The summed E-state index contributed by atoms with van der Waals surface area (Å²) in [6.07, 6.45) is 0. The number of furan rings is 1. The molecule has 4 rings (SSSR count). The molecule has 0 fully saturated rings. The van der Waals surface area contributed by atoms with Crippen molar-refractivity contribution in [2.24, 2.45) is 0 Å². The van der Waals surface area contributed by atoms with E-state index in [-0.39, 0.29) is 36.3 Å². The number of amides is 1. The fraction of sp³-hybridized carbons (Fsp3) is 0.136. The summed E-state index contributed by atoms with van der Waals surface area (Å²) in [5.41, 5.74) is 2.39. The lowest BCUT2D eigenvalue weighted by Gasteiger charge is -2.06. The Morgan fingerprint density at radius 2 is 2.03 bits per heavy atom. The minimum atomic E-state index is -0.499. The standard InChI is InChI=1S/C22H18ClN3O5/c1-13-2-6-20(19(8-13)26(28)29)30-12-17-4-7-21(31-17)22(27)24-11-16-10-14-9-15(23)3-5-18(14)25-16/h2-10,25H,11-12H2,1H3,(H,24,27). The van der Waals surface area contributed by atoms with Crippen LogP contribution in [-0.4, -0.2) is 15.8 Å². The number of aryl methyl sites for hydroxylation is 1. The Hall–Kier alpha value is -3.78. The number of rotatable bonds is 7. The first-order valence-electron chi connectivity index (χ1n) is 9.41. The minimum absolute atomic E-state index is 0.0417. The maximum atomic E-state index is 12.4. The lowest BCUT2D eigenvalue weighted by molar-refractivity contribution is -0.386. The molecule has 158 valence electrons. The normalized spacial score (nSPS) is 10.9. The van der Waals surface area contributed by atoms with Gasteiger partial charge < -0.3 is 19.5 Å². The van der Waals surface area contributed by atoms with Crippen molar-refractivity contribution in [2.45, 2.75) is 20.1 Å². The number of nitro groups is 1. The molecule has 0 aliphatic rings. The maximum Gasteiger partial charge on any atom is 0.311 e. The van der Waals surface area contributed by atoms with Crippen LogP contribution in [0.3, 0.4) is 0 Å². The number of H-pyrrole nitrogens is 1. The van der Waals surface area contributed by atoms with Crippen LogP contribution < -0.4 is 10.1 Å². The quantitative estimate of drug-likeness (QED) is 0.306. The predicted octanol–water partition coefficient (Wildman–Crippen LogP) is 5.14. The van der Waals surface area contributed by atoms with Gasteiger partial charge in [-0.15, -0.1) is 0 Å². The number of ether oxygens (including phenoxy) is 1. The summed E-state index contributed by atoms with van der Waals surface area (Å²) in [6.45, 7) is 2.01. The van der Waals surface area contributed by atoms with Crippen molar-refractivity contribution in [3.8, 4) is 5.75 Å². The molecule has 2 N–H and O–H groups in total. The highest BCUT2D eigenvalue weighted by Gasteiger charge is 2.17. The van der Waals surface area contributed by atoms with E-state index in [4.69, 9.17) is 20.8 Å². The molecular formula is C22H18ClN3O5. The molecule has 0 unspecified atom stereocenters. The second kappa shape index (κ2) is 8.53. The number of carbonyl (C=O) groups excluding carboxylic acids is 1. The number of hydrogen-bond donors (Lipinski definition) is 2. The highest BCUT2D eigenvalue weighted by Crippen LogP contribution is 2.28. The average molecular weight is 440 g/mol. The summed E-state index contributed by atoms with van der Waals surface area (Å²) in [5.74, 6) is 0.248. The number of halogens is 1. The van der Waals surface area contributed by atoms with Crippen LogP contribution in [-0.2, 0) is 13.2 Å². The van der Waals surface area contributed by atoms with Gasteiger partial charge in [-0.3, -0.25) is 14.9 Å². The van der Waals surface area contributed by atoms with E-state index in [1.165, 1.54) is 18.2 Å². The average Bonchev–Trinajstić information content (AvgIpc) is 3.37. The van der Waals surface area contributed by atoms with Crippen molar-refractivity contribution < 1.29 is 18.9 Å². The third kappa shape index (κ3) is 4.70. The number of benzene rings is 2. The van der Waals surface area contributed by atoms with E-state index in [1.54, 1.807) is 25.1 Å². The SMILES string of the molecule is Cc1ccc(OCc2ccc(C(=O)NCc3cc4cc(Cl)ccc4[nH]3)o2)c([N+](=O)[O-])c1. The molecule has 31 heavy (non-hydrogen) atoms. The van der Waals surface area contributed by atoms with Gasteiger partial charge in [-0.25, -0.2) is 0 Å².